The van der Waals surface area contributed by atoms with E-state index in [0.29, 0.717) is 6.42 Å². The molecule has 0 aliphatic heterocycles. The molecule has 1 rings (SSSR count). The molecule has 74 valence electrons. The number of allylic oxidation sites excluding steroid dienone is 4. The Morgan fingerprint density at radius 2 is 2.23 bits per heavy atom. The molecular formula is C9H14O3S. The lowest BCUT2D eigenvalue weighted by Gasteiger charge is -2.07. The van der Waals surface area contributed by atoms with E-state index in [9.17, 15) is 8.42 Å². The van der Waals surface area contributed by atoms with Crippen LogP contribution in [0, 0.1) is 0 Å². The summed E-state index contributed by atoms with van der Waals surface area (Å²) >= 11 is 0. The maximum Gasteiger partial charge on any atom is 0.264 e. The van der Waals surface area contributed by atoms with E-state index in [1.54, 1.807) is 0 Å². The molecule has 0 amide bonds. The van der Waals surface area contributed by atoms with E-state index in [4.69, 9.17) is 4.55 Å². The van der Waals surface area contributed by atoms with Crippen LogP contribution in [-0.4, -0.2) is 18.7 Å². The van der Waals surface area contributed by atoms with Gasteiger partial charge in [0.25, 0.3) is 10.1 Å². The van der Waals surface area contributed by atoms with Crippen molar-refractivity contribution in [3.63, 3.8) is 0 Å². The lowest BCUT2D eigenvalue weighted by atomic mass is 10.0. The van der Waals surface area contributed by atoms with E-state index in [2.05, 4.69) is 6.08 Å². The Morgan fingerprint density at radius 1 is 1.46 bits per heavy atom. The Kier molecular flexibility index (Phi) is 3.69. The highest BCUT2D eigenvalue weighted by atomic mass is 32.2. The van der Waals surface area contributed by atoms with Gasteiger partial charge >= 0.3 is 0 Å². The van der Waals surface area contributed by atoms with Crippen molar-refractivity contribution in [1.82, 2.24) is 0 Å². The fourth-order valence-electron chi connectivity index (χ4n) is 1.34. The third-order valence-electron chi connectivity index (χ3n) is 2.00. The summed E-state index contributed by atoms with van der Waals surface area (Å²) in [5.41, 5.74) is 1.27. The maximum absolute atomic E-state index is 10.4. The van der Waals surface area contributed by atoms with Gasteiger partial charge < -0.3 is 0 Å². The van der Waals surface area contributed by atoms with Crippen LogP contribution in [0.5, 0.6) is 0 Å². The van der Waals surface area contributed by atoms with Gasteiger partial charge in [-0.15, -0.1) is 0 Å². The van der Waals surface area contributed by atoms with Crippen LogP contribution in [0.1, 0.15) is 25.7 Å². The lowest BCUT2D eigenvalue weighted by Crippen LogP contribution is -2.04. The molecule has 0 fully saturated rings. The van der Waals surface area contributed by atoms with Crippen LogP contribution in [0.15, 0.2) is 23.8 Å². The zero-order valence-electron chi connectivity index (χ0n) is 7.44. The van der Waals surface area contributed by atoms with E-state index in [1.165, 1.54) is 5.57 Å². The van der Waals surface area contributed by atoms with Gasteiger partial charge in [0.15, 0.2) is 0 Å². The average Bonchev–Trinajstić information content (AvgIpc) is 2.04. The fourth-order valence-corrected chi connectivity index (χ4v) is 1.85. The van der Waals surface area contributed by atoms with Crippen molar-refractivity contribution in [2.45, 2.75) is 25.7 Å². The highest BCUT2D eigenvalue weighted by Gasteiger charge is 2.05. The summed E-state index contributed by atoms with van der Waals surface area (Å²) < 4.78 is 29.3. The van der Waals surface area contributed by atoms with E-state index in [1.807, 2.05) is 12.2 Å². The van der Waals surface area contributed by atoms with Gasteiger partial charge in [0.05, 0.1) is 5.75 Å². The van der Waals surface area contributed by atoms with Gasteiger partial charge in [-0.3, -0.25) is 4.55 Å². The summed E-state index contributed by atoms with van der Waals surface area (Å²) in [6, 6.07) is 0. The summed E-state index contributed by atoms with van der Waals surface area (Å²) in [6.45, 7) is 0. The van der Waals surface area contributed by atoms with Gasteiger partial charge in [-0.25, -0.2) is 0 Å². The smallest absolute Gasteiger partial charge is 0.264 e. The second kappa shape index (κ2) is 4.58. The van der Waals surface area contributed by atoms with Crippen LogP contribution in [-0.2, 0) is 10.1 Å². The van der Waals surface area contributed by atoms with Gasteiger partial charge in [-0.05, 0) is 25.7 Å². The second-order valence-corrected chi connectivity index (χ2v) is 4.75. The molecule has 13 heavy (non-hydrogen) atoms. The minimum Gasteiger partial charge on any atom is -0.286 e. The van der Waals surface area contributed by atoms with E-state index in [0.717, 1.165) is 19.3 Å². The van der Waals surface area contributed by atoms with Gasteiger partial charge in [-0.1, -0.05) is 23.8 Å². The van der Waals surface area contributed by atoms with Gasteiger partial charge in [0.1, 0.15) is 0 Å². The summed E-state index contributed by atoms with van der Waals surface area (Å²) in [7, 11) is -3.77. The average molecular weight is 202 g/mol. The standard InChI is InChI=1S/C9H14O3S/c10-13(11,12)8-4-7-9-5-2-1-3-6-9/h1-2,5H,3-4,6-8H2,(H,10,11,12). The zero-order valence-corrected chi connectivity index (χ0v) is 8.26. The first kappa shape index (κ1) is 10.5. The summed E-state index contributed by atoms with van der Waals surface area (Å²) in [5.74, 6) is -0.131. The largest absolute Gasteiger partial charge is 0.286 e. The van der Waals surface area contributed by atoms with Crippen molar-refractivity contribution in [2.24, 2.45) is 0 Å². The van der Waals surface area contributed by atoms with Crippen LogP contribution in [0.4, 0.5) is 0 Å². The van der Waals surface area contributed by atoms with E-state index >= 15 is 0 Å². The molecule has 0 radical (unpaired) electrons. The normalized spacial score (nSPS) is 17.2. The minimum atomic E-state index is -3.77. The Morgan fingerprint density at radius 3 is 2.77 bits per heavy atom. The van der Waals surface area contributed by atoms with Crippen molar-refractivity contribution >= 4 is 10.1 Å². The Labute approximate surface area is 78.9 Å². The van der Waals surface area contributed by atoms with Crippen LogP contribution in [0.3, 0.4) is 0 Å². The quantitative estimate of drug-likeness (QED) is 0.709. The molecule has 1 aliphatic carbocycles. The highest BCUT2D eigenvalue weighted by Crippen LogP contribution is 2.16. The number of hydrogen-bond donors (Lipinski definition) is 1. The van der Waals surface area contributed by atoms with Crippen molar-refractivity contribution in [3.8, 4) is 0 Å². The SMILES string of the molecule is O=S(=O)(O)CCCC1=CC=CCC1. The topological polar surface area (TPSA) is 54.4 Å². The monoisotopic (exact) mass is 202 g/mol. The van der Waals surface area contributed by atoms with Crippen LogP contribution in [0.2, 0.25) is 0 Å². The minimum absolute atomic E-state index is 0.131. The number of hydrogen-bond acceptors (Lipinski definition) is 2. The Balaban J connectivity index is 2.27. The molecule has 1 aliphatic rings. The molecule has 0 aromatic heterocycles. The predicted octanol–water partition coefficient (Wildman–Crippen LogP) is 1.93. The zero-order chi connectivity index (χ0) is 9.73. The lowest BCUT2D eigenvalue weighted by molar-refractivity contribution is 0.481. The number of rotatable bonds is 4. The molecule has 4 heteroatoms. The maximum atomic E-state index is 10.4. The third kappa shape index (κ3) is 4.85. The molecule has 1 N–H and O–H groups in total. The van der Waals surface area contributed by atoms with Crippen molar-refractivity contribution in [1.29, 1.82) is 0 Å². The first-order valence-electron chi connectivity index (χ1n) is 4.38. The van der Waals surface area contributed by atoms with Gasteiger partial charge in [0.2, 0.25) is 0 Å². The van der Waals surface area contributed by atoms with Crippen LogP contribution in [0.25, 0.3) is 0 Å². The van der Waals surface area contributed by atoms with E-state index < -0.39 is 10.1 Å². The molecule has 0 saturated carbocycles. The molecule has 3 nitrogen and oxygen atoms in total. The van der Waals surface area contributed by atoms with Crippen LogP contribution >= 0.6 is 0 Å². The van der Waals surface area contributed by atoms with E-state index in [-0.39, 0.29) is 5.75 Å². The molecule has 0 spiro atoms. The second-order valence-electron chi connectivity index (χ2n) is 3.18. The van der Waals surface area contributed by atoms with Crippen molar-refractivity contribution in [3.05, 3.63) is 23.8 Å². The molecule has 0 unspecified atom stereocenters. The fraction of sp³-hybridized carbons (Fsp3) is 0.556. The molecule has 0 saturated heterocycles. The summed E-state index contributed by atoms with van der Waals surface area (Å²) in [5, 5.41) is 0. The first-order valence-corrected chi connectivity index (χ1v) is 5.98. The predicted molar refractivity (Wildman–Crippen MR) is 52.1 cm³/mol. The van der Waals surface area contributed by atoms with Gasteiger partial charge in [0, 0.05) is 0 Å². The Hall–Kier alpha value is -0.610. The van der Waals surface area contributed by atoms with Crippen molar-refractivity contribution in [2.75, 3.05) is 5.75 Å². The third-order valence-corrected chi connectivity index (χ3v) is 2.80. The van der Waals surface area contributed by atoms with Gasteiger partial charge in [-0.2, -0.15) is 8.42 Å². The Bertz CT molecular complexity index is 312. The highest BCUT2D eigenvalue weighted by molar-refractivity contribution is 7.85. The molecule has 0 bridgehead atoms. The molecule has 0 atom stereocenters. The molecular weight excluding hydrogens is 188 g/mol. The van der Waals surface area contributed by atoms with Crippen molar-refractivity contribution < 1.29 is 13.0 Å². The molecule has 0 aromatic carbocycles. The first-order chi connectivity index (χ1) is 6.08. The molecule has 0 heterocycles. The van der Waals surface area contributed by atoms with Crippen LogP contribution < -0.4 is 0 Å². The summed E-state index contributed by atoms with van der Waals surface area (Å²) in [4.78, 5) is 0. The summed E-state index contributed by atoms with van der Waals surface area (Å²) in [6.07, 6.45) is 9.44. The molecule has 0 aromatic rings.